The first-order valence-electron chi connectivity index (χ1n) is 8.79. The molecule has 25 heavy (non-hydrogen) atoms. The van der Waals surface area contributed by atoms with Crippen LogP contribution in [0.25, 0.3) is 0 Å². The molecule has 2 saturated heterocycles. The number of rotatable bonds is 3. The summed E-state index contributed by atoms with van der Waals surface area (Å²) in [4.78, 5) is 18.4. The van der Waals surface area contributed by atoms with Gasteiger partial charge in [0.2, 0.25) is 0 Å². The number of nitrogens with zero attached hydrogens (tertiary/aromatic N) is 2. The van der Waals surface area contributed by atoms with Crippen LogP contribution in [0.15, 0.2) is 12.3 Å². The summed E-state index contributed by atoms with van der Waals surface area (Å²) in [7, 11) is 1.03. The molecule has 0 spiro atoms. The standard InChI is InChI=1S/C18H27BN2O4/c1-12-9-15(21-8-7-13(11-21)16(22)23-6)20-10-14(12)19-24-17(2,3)18(4,5)25-19/h9-10,13H,7-8,11H2,1-6H3/t13-/m0/s1. The topological polar surface area (TPSA) is 60.9 Å². The zero-order valence-corrected chi connectivity index (χ0v) is 16.0. The van der Waals surface area contributed by atoms with E-state index in [0.717, 1.165) is 29.8 Å². The summed E-state index contributed by atoms with van der Waals surface area (Å²) in [6.07, 6.45) is 2.63. The van der Waals surface area contributed by atoms with Crippen molar-refractivity contribution in [1.82, 2.24) is 4.98 Å². The van der Waals surface area contributed by atoms with Gasteiger partial charge in [0, 0.05) is 24.7 Å². The van der Waals surface area contributed by atoms with E-state index in [-0.39, 0.29) is 23.1 Å². The van der Waals surface area contributed by atoms with Gasteiger partial charge in [0.15, 0.2) is 0 Å². The van der Waals surface area contributed by atoms with Crippen LogP contribution in [-0.4, -0.2) is 49.5 Å². The van der Waals surface area contributed by atoms with Crippen LogP contribution in [0.4, 0.5) is 5.82 Å². The van der Waals surface area contributed by atoms with Crippen molar-refractivity contribution < 1.29 is 18.8 Å². The van der Waals surface area contributed by atoms with Gasteiger partial charge in [-0.15, -0.1) is 0 Å². The lowest BCUT2D eigenvalue weighted by Gasteiger charge is -2.32. The van der Waals surface area contributed by atoms with Crippen molar-refractivity contribution in [2.24, 2.45) is 5.92 Å². The summed E-state index contributed by atoms with van der Waals surface area (Å²) in [6, 6.07) is 2.04. The Morgan fingerprint density at radius 1 is 1.32 bits per heavy atom. The van der Waals surface area contributed by atoms with E-state index in [1.54, 1.807) is 0 Å². The number of hydrogen-bond acceptors (Lipinski definition) is 6. The zero-order chi connectivity index (χ0) is 18.4. The second-order valence-electron chi connectivity index (χ2n) is 7.94. The molecule has 6 nitrogen and oxygen atoms in total. The number of carbonyl (C=O) groups excluding carboxylic acids is 1. The van der Waals surface area contributed by atoms with Crippen LogP contribution in [-0.2, 0) is 18.8 Å². The average Bonchev–Trinajstić information content (AvgIpc) is 3.09. The van der Waals surface area contributed by atoms with Crippen LogP contribution >= 0.6 is 0 Å². The van der Waals surface area contributed by atoms with Gasteiger partial charge >= 0.3 is 13.1 Å². The lowest BCUT2D eigenvalue weighted by Crippen LogP contribution is -2.41. The highest BCUT2D eigenvalue weighted by Gasteiger charge is 2.52. The first kappa shape index (κ1) is 18.2. The first-order valence-corrected chi connectivity index (χ1v) is 8.79. The number of hydrogen-bond donors (Lipinski definition) is 0. The summed E-state index contributed by atoms with van der Waals surface area (Å²) in [5, 5.41) is 0. The molecule has 7 heteroatoms. The summed E-state index contributed by atoms with van der Waals surface area (Å²) in [5.74, 6) is 0.659. The van der Waals surface area contributed by atoms with Gasteiger partial charge in [-0.05, 0) is 52.7 Å². The highest BCUT2D eigenvalue weighted by molar-refractivity contribution is 6.62. The van der Waals surface area contributed by atoms with E-state index < -0.39 is 7.12 Å². The fourth-order valence-corrected chi connectivity index (χ4v) is 3.27. The molecule has 0 aromatic carbocycles. The Balaban J connectivity index is 1.76. The molecule has 136 valence electrons. The smallest absolute Gasteiger partial charge is 0.469 e. The van der Waals surface area contributed by atoms with Crippen molar-refractivity contribution >= 4 is 24.4 Å². The maximum absolute atomic E-state index is 11.7. The fourth-order valence-electron chi connectivity index (χ4n) is 3.27. The van der Waals surface area contributed by atoms with Crippen molar-refractivity contribution in [1.29, 1.82) is 0 Å². The molecule has 0 N–H and O–H groups in total. The summed E-state index contributed by atoms with van der Waals surface area (Å²) < 4.78 is 17.1. The Kier molecular flexibility index (Phi) is 4.58. The van der Waals surface area contributed by atoms with Crippen molar-refractivity contribution in [3.8, 4) is 0 Å². The molecule has 0 unspecified atom stereocenters. The van der Waals surface area contributed by atoms with E-state index in [4.69, 9.17) is 14.0 Å². The van der Waals surface area contributed by atoms with E-state index >= 15 is 0 Å². The van der Waals surface area contributed by atoms with Gasteiger partial charge in [-0.3, -0.25) is 4.79 Å². The molecule has 1 atom stereocenters. The number of aryl methyl sites for hydroxylation is 1. The normalized spacial score (nSPS) is 24.6. The van der Waals surface area contributed by atoms with E-state index in [1.807, 2.05) is 46.9 Å². The zero-order valence-electron chi connectivity index (χ0n) is 16.0. The van der Waals surface area contributed by atoms with E-state index in [2.05, 4.69) is 9.88 Å². The van der Waals surface area contributed by atoms with Crippen molar-refractivity contribution in [2.45, 2.75) is 52.2 Å². The molecule has 3 heterocycles. The van der Waals surface area contributed by atoms with Gasteiger partial charge in [-0.1, -0.05) is 0 Å². The second kappa shape index (κ2) is 6.29. The monoisotopic (exact) mass is 346 g/mol. The average molecular weight is 346 g/mol. The van der Waals surface area contributed by atoms with Crippen molar-refractivity contribution in [2.75, 3.05) is 25.1 Å². The van der Waals surface area contributed by atoms with Crippen LogP contribution in [0.5, 0.6) is 0 Å². The number of anilines is 1. The molecule has 2 aliphatic rings. The second-order valence-corrected chi connectivity index (χ2v) is 7.94. The van der Waals surface area contributed by atoms with Crippen LogP contribution < -0.4 is 10.4 Å². The molecule has 0 aliphatic carbocycles. The predicted octanol–water partition coefficient (Wildman–Crippen LogP) is 1.69. The molecule has 0 bridgehead atoms. The molecule has 3 rings (SSSR count). The molecule has 1 aromatic heterocycles. The van der Waals surface area contributed by atoms with Gasteiger partial charge < -0.3 is 18.9 Å². The van der Waals surface area contributed by atoms with Gasteiger partial charge in [-0.25, -0.2) is 4.98 Å². The molecule has 2 fully saturated rings. The minimum atomic E-state index is -0.409. The number of esters is 1. The van der Waals surface area contributed by atoms with E-state index in [9.17, 15) is 4.79 Å². The van der Waals surface area contributed by atoms with E-state index in [0.29, 0.717) is 6.54 Å². The third kappa shape index (κ3) is 3.27. The maximum atomic E-state index is 11.7. The molecule has 0 radical (unpaired) electrons. The molecule has 1 aromatic rings. The van der Waals surface area contributed by atoms with Crippen LogP contribution in [0.2, 0.25) is 0 Å². The minimum Gasteiger partial charge on any atom is -0.469 e. The van der Waals surface area contributed by atoms with Gasteiger partial charge in [0.1, 0.15) is 5.82 Å². The van der Waals surface area contributed by atoms with Crippen LogP contribution in [0.3, 0.4) is 0 Å². The van der Waals surface area contributed by atoms with Gasteiger partial charge in [0.25, 0.3) is 0 Å². The Bertz CT molecular complexity index is 661. The summed E-state index contributed by atoms with van der Waals surface area (Å²) >= 11 is 0. The van der Waals surface area contributed by atoms with Crippen molar-refractivity contribution in [3.05, 3.63) is 17.8 Å². The number of aromatic nitrogens is 1. The largest absolute Gasteiger partial charge is 0.496 e. The SMILES string of the molecule is COC(=O)[C@H]1CCN(c2cc(C)c(B3OC(C)(C)C(C)(C)O3)cn2)C1. The number of carbonyl (C=O) groups is 1. The number of methoxy groups -OCH3 is 1. The lowest BCUT2D eigenvalue weighted by atomic mass is 9.77. The van der Waals surface area contributed by atoms with E-state index in [1.165, 1.54) is 7.11 Å². The predicted molar refractivity (Wildman–Crippen MR) is 97.0 cm³/mol. The fraction of sp³-hybridized carbons (Fsp3) is 0.667. The maximum Gasteiger partial charge on any atom is 0.496 e. The Labute approximate surface area is 150 Å². The molecule has 0 saturated carbocycles. The number of ether oxygens (including phenoxy) is 1. The van der Waals surface area contributed by atoms with Gasteiger partial charge in [0.05, 0.1) is 24.2 Å². The Morgan fingerprint density at radius 3 is 2.52 bits per heavy atom. The molecule has 2 aliphatic heterocycles. The number of pyridine rings is 1. The highest BCUT2D eigenvalue weighted by Crippen LogP contribution is 2.36. The first-order chi connectivity index (χ1) is 11.6. The summed E-state index contributed by atoms with van der Waals surface area (Å²) in [6.45, 7) is 11.7. The molecule has 0 amide bonds. The molecular formula is C18H27BN2O4. The van der Waals surface area contributed by atoms with Crippen molar-refractivity contribution in [3.63, 3.8) is 0 Å². The van der Waals surface area contributed by atoms with Crippen LogP contribution in [0.1, 0.15) is 39.7 Å². The quantitative estimate of drug-likeness (QED) is 0.613. The van der Waals surface area contributed by atoms with Crippen LogP contribution in [0, 0.1) is 12.8 Å². The lowest BCUT2D eigenvalue weighted by molar-refractivity contribution is -0.144. The Hall–Kier alpha value is -1.60. The minimum absolute atomic E-state index is 0.0742. The third-order valence-corrected chi connectivity index (χ3v) is 5.69. The summed E-state index contributed by atoms with van der Waals surface area (Å²) in [5.41, 5.74) is 1.29. The highest BCUT2D eigenvalue weighted by atomic mass is 16.7. The Morgan fingerprint density at radius 2 is 1.96 bits per heavy atom. The third-order valence-electron chi connectivity index (χ3n) is 5.69. The van der Waals surface area contributed by atoms with Gasteiger partial charge in [-0.2, -0.15) is 0 Å². The molecular weight excluding hydrogens is 319 g/mol.